The predicted molar refractivity (Wildman–Crippen MR) is 115 cm³/mol. The van der Waals surface area contributed by atoms with Crippen LogP contribution in [0.25, 0.3) is 10.7 Å². The fourth-order valence-electron chi connectivity index (χ4n) is 3.61. The first-order valence-corrected chi connectivity index (χ1v) is 11.9. The first-order valence-electron chi connectivity index (χ1n) is 10.0. The number of esters is 1. The lowest BCUT2D eigenvalue weighted by Crippen LogP contribution is -2.45. The van der Waals surface area contributed by atoms with Crippen LogP contribution in [-0.2, 0) is 20.9 Å². The van der Waals surface area contributed by atoms with Crippen LogP contribution in [0.2, 0.25) is 0 Å². The maximum atomic E-state index is 12.2. The lowest BCUT2D eigenvalue weighted by atomic mass is 9.78. The highest BCUT2D eigenvalue weighted by Crippen LogP contribution is 2.29. The highest BCUT2D eigenvalue weighted by atomic mass is 32.2. The van der Waals surface area contributed by atoms with Crippen molar-refractivity contribution in [3.63, 3.8) is 0 Å². The molecule has 0 spiro atoms. The zero-order valence-corrected chi connectivity index (χ0v) is 18.7. The highest BCUT2D eigenvalue weighted by molar-refractivity contribution is 7.99. The molecule has 2 aromatic rings. The van der Waals surface area contributed by atoms with Gasteiger partial charge in [0, 0.05) is 12.6 Å². The monoisotopic (exact) mass is 436 g/mol. The average molecular weight is 437 g/mol. The Morgan fingerprint density at radius 3 is 2.90 bits per heavy atom. The number of hydrogen-bond donors (Lipinski definition) is 1. The summed E-state index contributed by atoms with van der Waals surface area (Å²) in [4.78, 5) is 25.3. The SMILES string of the molecule is CCn1c(SCC(=O)OCC(=O)N[C@@H]2CCC[C@@H](C)[C@H]2C)nnc1-c1cccs1. The number of nitrogens with zero attached hydrogens (tertiary/aromatic N) is 3. The van der Waals surface area contributed by atoms with Crippen molar-refractivity contribution < 1.29 is 14.3 Å². The van der Waals surface area contributed by atoms with E-state index in [0.717, 1.165) is 23.5 Å². The van der Waals surface area contributed by atoms with Gasteiger partial charge in [-0.05, 0) is 36.6 Å². The number of thioether (sulfide) groups is 1. The molecule has 3 atom stereocenters. The van der Waals surface area contributed by atoms with E-state index in [-0.39, 0.29) is 24.3 Å². The Balaban J connectivity index is 1.45. The van der Waals surface area contributed by atoms with Gasteiger partial charge in [0.1, 0.15) is 0 Å². The van der Waals surface area contributed by atoms with Gasteiger partial charge < -0.3 is 14.6 Å². The van der Waals surface area contributed by atoms with Gasteiger partial charge in [0.05, 0.1) is 10.6 Å². The second-order valence-corrected chi connectivity index (χ2v) is 9.31. The number of hydrogen-bond acceptors (Lipinski definition) is 7. The van der Waals surface area contributed by atoms with Crippen molar-refractivity contribution in [1.82, 2.24) is 20.1 Å². The largest absolute Gasteiger partial charge is 0.455 e. The molecule has 9 heteroatoms. The summed E-state index contributed by atoms with van der Waals surface area (Å²) in [6.07, 6.45) is 3.31. The third kappa shape index (κ3) is 5.60. The smallest absolute Gasteiger partial charge is 0.316 e. The Kier molecular flexibility index (Phi) is 7.71. The first-order chi connectivity index (χ1) is 14.0. The molecule has 0 aromatic carbocycles. The van der Waals surface area contributed by atoms with Crippen LogP contribution in [0.4, 0.5) is 0 Å². The van der Waals surface area contributed by atoms with Crippen molar-refractivity contribution >= 4 is 35.0 Å². The zero-order chi connectivity index (χ0) is 20.8. The Hall–Kier alpha value is -1.87. The summed E-state index contributed by atoms with van der Waals surface area (Å²) < 4.78 is 7.13. The lowest BCUT2D eigenvalue weighted by Gasteiger charge is -2.34. The minimum absolute atomic E-state index is 0.0900. The van der Waals surface area contributed by atoms with Crippen LogP contribution in [0.1, 0.15) is 40.0 Å². The molecule has 0 bridgehead atoms. The molecule has 0 radical (unpaired) electrons. The number of carbonyl (C=O) groups is 2. The Bertz CT molecular complexity index is 822. The Morgan fingerprint density at radius 2 is 2.17 bits per heavy atom. The van der Waals surface area contributed by atoms with Gasteiger partial charge >= 0.3 is 5.97 Å². The quantitative estimate of drug-likeness (QED) is 0.503. The second-order valence-electron chi connectivity index (χ2n) is 7.42. The molecule has 2 aromatic heterocycles. The molecule has 158 valence electrons. The van der Waals surface area contributed by atoms with Gasteiger partial charge in [0.15, 0.2) is 17.6 Å². The van der Waals surface area contributed by atoms with Crippen LogP contribution in [0.3, 0.4) is 0 Å². The lowest BCUT2D eigenvalue weighted by molar-refractivity contribution is -0.146. The van der Waals surface area contributed by atoms with Crippen molar-refractivity contribution in [1.29, 1.82) is 0 Å². The van der Waals surface area contributed by atoms with Gasteiger partial charge in [-0.1, -0.05) is 44.5 Å². The number of rotatable bonds is 8. The summed E-state index contributed by atoms with van der Waals surface area (Å²) in [6, 6.07) is 4.13. The number of aromatic nitrogens is 3. The van der Waals surface area contributed by atoms with E-state index in [0.29, 0.717) is 23.5 Å². The molecule has 1 N–H and O–H groups in total. The van der Waals surface area contributed by atoms with E-state index in [2.05, 4.69) is 29.4 Å². The number of nitrogens with one attached hydrogen (secondary N) is 1. The minimum Gasteiger partial charge on any atom is -0.455 e. The Morgan fingerprint density at radius 1 is 1.34 bits per heavy atom. The summed E-state index contributed by atoms with van der Waals surface area (Å²) >= 11 is 2.87. The third-order valence-electron chi connectivity index (χ3n) is 5.51. The van der Waals surface area contributed by atoms with Crippen molar-refractivity contribution in [2.45, 2.75) is 57.8 Å². The third-order valence-corrected chi connectivity index (χ3v) is 7.32. The van der Waals surface area contributed by atoms with E-state index in [1.54, 1.807) is 11.3 Å². The molecule has 0 unspecified atom stereocenters. The van der Waals surface area contributed by atoms with Gasteiger partial charge in [0.2, 0.25) is 0 Å². The van der Waals surface area contributed by atoms with Gasteiger partial charge in [-0.2, -0.15) is 0 Å². The zero-order valence-electron chi connectivity index (χ0n) is 17.1. The van der Waals surface area contributed by atoms with Gasteiger partial charge in [-0.3, -0.25) is 9.59 Å². The summed E-state index contributed by atoms with van der Waals surface area (Å²) in [5.74, 6) is 1.27. The molecular formula is C20H28N4O3S2. The highest BCUT2D eigenvalue weighted by Gasteiger charge is 2.28. The standard InChI is InChI=1S/C20H28N4O3S2/c1-4-24-19(16-9-6-10-28-16)22-23-20(24)29-12-18(26)27-11-17(25)21-15-8-5-7-13(2)14(15)3/h6,9-10,13-15H,4-5,7-8,11-12H2,1-3H3,(H,21,25)/t13-,14-,15-/m1/s1. The first kappa shape index (κ1) is 21.8. The molecule has 7 nitrogen and oxygen atoms in total. The van der Waals surface area contributed by atoms with Crippen LogP contribution in [0, 0.1) is 11.8 Å². The second kappa shape index (κ2) is 10.2. The maximum Gasteiger partial charge on any atom is 0.316 e. The maximum absolute atomic E-state index is 12.2. The number of ether oxygens (including phenoxy) is 1. The Labute approximate surface area is 179 Å². The van der Waals surface area contributed by atoms with Crippen LogP contribution in [0.15, 0.2) is 22.7 Å². The normalized spacial score (nSPS) is 21.7. The van der Waals surface area contributed by atoms with Crippen molar-refractivity contribution in [2.24, 2.45) is 11.8 Å². The molecule has 1 aliphatic rings. The van der Waals surface area contributed by atoms with Gasteiger partial charge in [0.25, 0.3) is 5.91 Å². The van der Waals surface area contributed by atoms with Gasteiger partial charge in [-0.25, -0.2) is 0 Å². The topological polar surface area (TPSA) is 86.1 Å². The van der Waals surface area contributed by atoms with Crippen molar-refractivity contribution in [2.75, 3.05) is 12.4 Å². The van der Waals surface area contributed by atoms with E-state index < -0.39 is 5.97 Å². The molecule has 0 aliphatic heterocycles. The molecule has 0 saturated heterocycles. The van der Waals surface area contributed by atoms with E-state index in [4.69, 9.17) is 4.74 Å². The van der Waals surface area contributed by atoms with Crippen LogP contribution >= 0.6 is 23.1 Å². The van der Waals surface area contributed by atoms with Crippen LogP contribution < -0.4 is 5.32 Å². The fourth-order valence-corrected chi connectivity index (χ4v) is 5.13. The molecule has 1 aliphatic carbocycles. The van der Waals surface area contributed by atoms with Crippen LogP contribution in [-0.4, -0.2) is 45.0 Å². The number of carbonyl (C=O) groups excluding carboxylic acids is 2. The number of amides is 1. The van der Waals surface area contributed by atoms with Crippen molar-refractivity contribution in [3.8, 4) is 10.7 Å². The van der Waals surface area contributed by atoms with E-state index in [9.17, 15) is 9.59 Å². The molecule has 3 rings (SSSR count). The summed E-state index contributed by atoms with van der Waals surface area (Å²) in [6.45, 7) is 6.88. The molecule has 1 saturated carbocycles. The van der Waals surface area contributed by atoms with E-state index in [1.807, 2.05) is 29.0 Å². The summed E-state index contributed by atoms with van der Waals surface area (Å²) in [7, 11) is 0. The average Bonchev–Trinajstić information content (AvgIpc) is 3.37. The van der Waals surface area contributed by atoms with Crippen molar-refractivity contribution in [3.05, 3.63) is 17.5 Å². The summed E-state index contributed by atoms with van der Waals surface area (Å²) in [5.41, 5.74) is 0. The molecule has 2 heterocycles. The number of thiophene rings is 1. The molecular weight excluding hydrogens is 408 g/mol. The predicted octanol–water partition coefficient (Wildman–Crippen LogP) is 3.60. The minimum atomic E-state index is -0.432. The van der Waals surface area contributed by atoms with E-state index in [1.165, 1.54) is 18.2 Å². The van der Waals surface area contributed by atoms with E-state index >= 15 is 0 Å². The van der Waals surface area contributed by atoms with Gasteiger partial charge in [-0.15, -0.1) is 21.5 Å². The molecule has 1 amide bonds. The molecule has 29 heavy (non-hydrogen) atoms. The fraction of sp³-hybridized carbons (Fsp3) is 0.600. The molecule has 1 fully saturated rings. The summed E-state index contributed by atoms with van der Waals surface area (Å²) in [5, 5.41) is 14.1. The van der Waals surface area contributed by atoms with Crippen LogP contribution in [0.5, 0.6) is 0 Å².